The number of amides is 2. The number of carbonyl (C=O) groups excluding carboxylic acids is 2. The van der Waals surface area contributed by atoms with Crippen molar-refractivity contribution < 1.29 is 9.59 Å². The number of nitrogens with zero attached hydrogens (tertiary/aromatic N) is 2. The van der Waals surface area contributed by atoms with Crippen LogP contribution in [0.4, 0.5) is 10.5 Å². The topological polar surface area (TPSA) is 52.6 Å². The van der Waals surface area contributed by atoms with Gasteiger partial charge in [0.25, 0.3) is 0 Å². The van der Waals surface area contributed by atoms with Crippen LogP contribution in [-0.4, -0.2) is 54.8 Å². The molecule has 0 saturated carbocycles. The van der Waals surface area contributed by atoms with Crippen LogP contribution in [0, 0.1) is 5.92 Å². The quantitative estimate of drug-likeness (QED) is 0.763. The molecule has 1 N–H and O–H groups in total. The molecule has 0 unspecified atom stereocenters. The number of ketones is 1. The summed E-state index contributed by atoms with van der Waals surface area (Å²) in [6, 6.07) is 7.04. The average molecular weight is 345 g/mol. The van der Waals surface area contributed by atoms with Crippen LogP contribution in [0.3, 0.4) is 0 Å². The van der Waals surface area contributed by atoms with E-state index in [1.165, 1.54) is 19.8 Å². The van der Waals surface area contributed by atoms with Crippen LogP contribution >= 0.6 is 0 Å². The van der Waals surface area contributed by atoms with Gasteiger partial charge >= 0.3 is 6.03 Å². The van der Waals surface area contributed by atoms with Crippen LogP contribution < -0.4 is 5.32 Å². The SMILES string of the molecule is CCCCN(C)CC1CCN(C(=O)Nc2cccc(C(C)=O)c2)CC1. The maximum atomic E-state index is 12.4. The van der Waals surface area contributed by atoms with Gasteiger partial charge in [-0.1, -0.05) is 25.5 Å². The van der Waals surface area contributed by atoms with E-state index in [2.05, 4.69) is 24.2 Å². The second-order valence-corrected chi connectivity index (χ2v) is 7.11. The number of anilines is 1. The third kappa shape index (κ3) is 6.16. The summed E-state index contributed by atoms with van der Waals surface area (Å²) in [6.07, 6.45) is 4.58. The lowest BCUT2D eigenvalue weighted by atomic mass is 9.96. The third-order valence-electron chi connectivity index (χ3n) is 4.89. The van der Waals surface area contributed by atoms with Crippen LogP contribution in [0.25, 0.3) is 0 Å². The Morgan fingerprint density at radius 1 is 1.28 bits per heavy atom. The van der Waals surface area contributed by atoms with E-state index in [0.717, 1.165) is 39.0 Å². The van der Waals surface area contributed by atoms with Crippen LogP contribution in [0.5, 0.6) is 0 Å². The average Bonchev–Trinajstić information content (AvgIpc) is 2.60. The predicted octanol–water partition coefficient (Wildman–Crippen LogP) is 3.87. The van der Waals surface area contributed by atoms with E-state index in [4.69, 9.17) is 0 Å². The molecule has 1 aromatic carbocycles. The highest BCUT2D eigenvalue weighted by Gasteiger charge is 2.23. The van der Waals surface area contributed by atoms with Crippen molar-refractivity contribution in [3.63, 3.8) is 0 Å². The molecule has 5 nitrogen and oxygen atoms in total. The molecule has 1 heterocycles. The number of nitrogens with one attached hydrogen (secondary N) is 1. The molecule has 0 atom stereocenters. The minimum Gasteiger partial charge on any atom is -0.325 e. The molecule has 1 aromatic rings. The van der Waals surface area contributed by atoms with E-state index in [1.54, 1.807) is 18.2 Å². The number of hydrogen-bond acceptors (Lipinski definition) is 3. The molecule has 138 valence electrons. The van der Waals surface area contributed by atoms with Crippen LogP contribution in [0.1, 0.15) is 49.9 Å². The van der Waals surface area contributed by atoms with Gasteiger partial charge in [-0.2, -0.15) is 0 Å². The number of hydrogen-bond donors (Lipinski definition) is 1. The summed E-state index contributed by atoms with van der Waals surface area (Å²) in [6.45, 7) is 7.62. The molecule has 0 aliphatic carbocycles. The molecule has 1 saturated heterocycles. The highest BCUT2D eigenvalue weighted by Crippen LogP contribution is 2.20. The van der Waals surface area contributed by atoms with Gasteiger partial charge in [0.1, 0.15) is 0 Å². The molecule has 1 aliphatic heterocycles. The van der Waals surface area contributed by atoms with Crippen molar-refractivity contribution in [1.29, 1.82) is 0 Å². The van der Waals surface area contributed by atoms with Gasteiger partial charge in [-0.15, -0.1) is 0 Å². The summed E-state index contributed by atoms with van der Waals surface area (Å²) < 4.78 is 0. The van der Waals surface area contributed by atoms with E-state index in [0.29, 0.717) is 17.2 Å². The van der Waals surface area contributed by atoms with Crippen LogP contribution in [0.15, 0.2) is 24.3 Å². The van der Waals surface area contributed by atoms with Gasteiger partial charge in [0, 0.05) is 30.9 Å². The molecular weight excluding hydrogens is 314 g/mol. The van der Waals surface area contributed by atoms with Gasteiger partial charge in [-0.3, -0.25) is 4.79 Å². The maximum absolute atomic E-state index is 12.4. The first-order chi connectivity index (χ1) is 12.0. The summed E-state index contributed by atoms with van der Waals surface area (Å²) in [7, 11) is 2.19. The summed E-state index contributed by atoms with van der Waals surface area (Å²) in [5.41, 5.74) is 1.30. The number of Topliss-reactive ketones (excluding diaryl/α,β-unsaturated/α-hetero) is 1. The van der Waals surface area contributed by atoms with Crippen molar-refractivity contribution >= 4 is 17.5 Å². The van der Waals surface area contributed by atoms with Crippen molar-refractivity contribution in [2.45, 2.75) is 39.5 Å². The minimum absolute atomic E-state index is 0.00380. The number of benzene rings is 1. The summed E-state index contributed by atoms with van der Waals surface area (Å²) >= 11 is 0. The maximum Gasteiger partial charge on any atom is 0.321 e. The summed E-state index contributed by atoms with van der Waals surface area (Å²) in [5, 5.41) is 2.91. The van der Waals surface area contributed by atoms with Gasteiger partial charge in [0.2, 0.25) is 0 Å². The monoisotopic (exact) mass is 345 g/mol. The smallest absolute Gasteiger partial charge is 0.321 e. The highest BCUT2D eigenvalue weighted by molar-refractivity contribution is 5.96. The van der Waals surface area contributed by atoms with Crippen molar-refractivity contribution in [2.24, 2.45) is 5.92 Å². The normalized spacial score (nSPS) is 15.4. The zero-order chi connectivity index (χ0) is 18.2. The van der Waals surface area contributed by atoms with E-state index in [1.807, 2.05) is 11.0 Å². The van der Waals surface area contributed by atoms with Crippen LogP contribution in [-0.2, 0) is 0 Å². The Hall–Kier alpha value is -1.88. The summed E-state index contributed by atoms with van der Waals surface area (Å²) in [5.74, 6) is 0.677. The lowest BCUT2D eigenvalue weighted by molar-refractivity contribution is 0.101. The molecule has 0 radical (unpaired) electrons. The summed E-state index contributed by atoms with van der Waals surface area (Å²) in [4.78, 5) is 28.2. The van der Waals surface area contributed by atoms with Crippen molar-refractivity contribution in [3.05, 3.63) is 29.8 Å². The number of carbonyl (C=O) groups is 2. The fourth-order valence-electron chi connectivity index (χ4n) is 3.30. The number of likely N-dealkylation sites (tertiary alicyclic amines) is 1. The second kappa shape index (κ2) is 9.56. The lowest BCUT2D eigenvalue weighted by Gasteiger charge is -2.34. The lowest BCUT2D eigenvalue weighted by Crippen LogP contribution is -2.43. The second-order valence-electron chi connectivity index (χ2n) is 7.11. The van der Waals surface area contributed by atoms with Crippen LogP contribution in [0.2, 0.25) is 0 Å². The van der Waals surface area contributed by atoms with Gasteiger partial charge in [0.15, 0.2) is 5.78 Å². The highest BCUT2D eigenvalue weighted by atomic mass is 16.2. The first-order valence-electron chi connectivity index (χ1n) is 9.35. The fourth-order valence-corrected chi connectivity index (χ4v) is 3.30. The van der Waals surface area contributed by atoms with Gasteiger partial charge in [-0.25, -0.2) is 4.79 Å². The third-order valence-corrected chi connectivity index (χ3v) is 4.89. The van der Waals surface area contributed by atoms with Gasteiger partial charge in [-0.05, 0) is 57.8 Å². The van der Waals surface area contributed by atoms with Crippen molar-refractivity contribution in [3.8, 4) is 0 Å². The van der Waals surface area contributed by atoms with Crippen molar-refractivity contribution in [1.82, 2.24) is 9.80 Å². The van der Waals surface area contributed by atoms with Crippen molar-refractivity contribution in [2.75, 3.05) is 38.5 Å². The largest absolute Gasteiger partial charge is 0.325 e. The van der Waals surface area contributed by atoms with E-state index in [-0.39, 0.29) is 11.8 Å². The predicted molar refractivity (Wildman–Crippen MR) is 102 cm³/mol. The minimum atomic E-state index is -0.0708. The standard InChI is InChI=1S/C20H31N3O2/c1-4-5-11-22(3)15-17-9-12-23(13-10-17)20(25)21-19-8-6-7-18(14-19)16(2)24/h6-8,14,17H,4-5,9-13,15H2,1-3H3,(H,21,25). The Bertz CT molecular complexity index is 580. The molecule has 0 aromatic heterocycles. The van der Waals surface area contributed by atoms with E-state index >= 15 is 0 Å². The first kappa shape index (κ1) is 19.4. The number of rotatable bonds is 7. The van der Waals surface area contributed by atoms with E-state index in [9.17, 15) is 9.59 Å². The molecule has 5 heteroatoms. The number of unbranched alkanes of at least 4 members (excludes halogenated alkanes) is 1. The Balaban J connectivity index is 1.79. The zero-order valence-electron chi connectivity index (χ0n) is 15.8. The molecule has 2 amide bonds. The molecule has 1 fully saturated rings. The Morgan fingerprint density at radius 2 is 2.00 bits per heavy atom. The van der Waals surface area contributed by atoms with Gasteiger partial charge < -0.3 is 15.1 Å². The van der Waals surface area contributed by atoms with Gasteiger partial charge in [0.05, 0.1) is 0 Å². The Labute approximate surface area is 151 Å². The molecule has 25 heavy (non-hydrogen) atoms. The Morgan fingerprint density at radius 3 is 2.64 bits per heavy atom. The molecule has 0 bridgehead atoms. The molecule has 0 spiro atoms. The number of piperidine rings is 1. The number of urea groups is 1. The van der Waals surface area contributed by atoms with E-state index < -0.39 is 0 Å². The molecule has 2 rings (SSSR count). The Kier molecular flexibility index (Phi) is 7.44. The molecule has 1 aliphatic rings. The first-order valence-corrected chi connectivity index (χ1v) is 9.35. The zero-order valence-corrected chi connectivity index (χ0v) is 15.8. The molecular formula is C20H31N3O2. The fraction of sp³-hybridized carbons (Fsp3) is 0.600.